The van der Waals surface area contributed by atoms with E-state index in [-0.39, 0.29) is 24.2 Å². The number of nitrogens with zero attached hydrogens (tertiary/aromatic N) is 1. The molecule has 0 saturated heterocycles. The van der Waals surface area contributed by atoms with Gasteiger partial charge in [-0.3, -0.25) is 9.59 Å². The van der Waals surface area contributed by atoms with E-state index in [0.29, 0.717) is 17.8 Å². The first-order chi connectivity index (χ1) is 12.5. The van der Waals surface area contributed by atoms with Crippen molar-refractivity contribution in [3.63, 3.8) is 0 Å². The molecule has 6 nitrogen and oxygen atoms in total. The number of fused-ring (bicyclic) bond motifs is 1. The number of benzene rings is 2. The van der Waals surface area contributed by atoms with E-state index >= 15 is 0 Å². The van der Waals surface area contributed by atoms with Crippen LogP contribution < -0.4 is 10.6 Å². The number of para-hydroxylation sites is 1. The number of hydrogen-bond donors (Lipinski definition) is 2. The zero-order chi connectivity index (χ0) is 18.5. The molecule has 0 unspecified atom stereocenters. The molecule has 1 heterocycles. The van der Waals surface area contributed by atoms with Crippen LogP contribution in [0.3, 0.4) is 0 Å². The highest BCUT2D eigenvalue weighted by molar-refractivity contribution is 5.92. The summed E-state index contributed by atoms with van der Waals surface area (Å²) in [6, 6.07) is 14.9. The molecule has 0 fully saturated rings. The van der Waals surface area contributed by atoms with Crippen molar-refractivity contribution < 1.29 is 14.1 Å². The van der Waals surface area contributed by atoms with Gasteiger partial charge in [0, 0.05) is 23.5 Å². The van der Waals surface area contributed by atoms with Crippen molar-refractivity contribution in [1.29, 1.82) is 0 Å². The zero-order valence-electron chi connectivity index (χ0n) is 14.8. The highest BCUT2D eigenvalue weighted by Gasteiger charge is 2.12. The maximum Gasteiger partial charge on any atom is 0.226 e. The Morgan fingerprint density at radius 1 is 1.08 bits per heavy atom. The molecule has 2 amide bonds. The van der Waals surface area contributed by atoms with Gasteiger partial charge in [-0.1, -0.05) is 43.3 Å². The Bertz CT molecular complexity index is 913. The van der Waals surface area contributed by atoms with Crippen molar-refractivity contribution in [3.8, 4) is 0 Å². The average molecular weight is 351 g/mol. The van der Waals surface area contributed by atoms with E-state index < -0.39 is 0 Å². The molecule has 6 heteroatoms. The molecule has 0 saturated carbocycles. The third-order valence-electron chi connectivity index (χ3n) is 4.02. The van der Waals surface area contributed by atoms with Crippen molar-refractivity contribution in [3.05, 3.63) is 59.8 Å². The summed E-state index contributed by atoms with van der Waals surface area (Å²) in [5, 5.41) is 10.5. The fourth-order valence-corrected chi connectivity index (χ4v) is 2.47. The standard InChI is InChI=1S/C20H21N3O3/c1-13(2)20(25)22-15-9-7-14(8-10-15)12-21-19(24)11-17-16-5-3-4-6-18(16)26-23-17/h3-10,13H,11-12H2,1-2H3,(H,21,24)(H,22,25). The minimum atomic E-state index is -0.124. The van der Waals surface area contributed by atoms with Crippen LogP contribution in [0.1, 0.15) is 25.1 Å². The first kappa shape index (κ1) is 17.7. The lowest BCUT2D eigenvalue weighted by Gasteiger charge is -2.09. The number of nitrogens with one attached hydrogen (secondary N) is 2. The van der Waals surface area contributed by atoms with Gasteiger partial charge in [0.25, 0.3) is 0 Å². The molecule has 0 aliphatic carbocycles. The average Bonchev–Trinajstić information content (AvgIpc) is 3.04. The molecule has 2 aromatic carbocycles. The second-order valence-electron chi connectivity index (χ2n) is 6.42. The molecule has 0 aliphatic rings. The Balaban J connectivity index is 1.53. The number of aromatic nitrogens is 1. The van der Waals surface area contributed by atoms with Gasteiger partial charge in [0.05, 0.1) is 6.42 Å². The maximum atomic E-state index is 12.2. The Morgan fingerprint density at radius 2 is 1.81 bits per heavy atom. The fraction of sp³-hybridized carbons (Fsp3) is 0.250. The van der Waals surface area contributed by atoms with Crippen LogP contribution >= 0.6 is 0 Å². The second-order valence-corrected chi connectivity index (χ2v) is 6.42. The van der Waals surface area contributed by atoms with Crippen LogP contribution in [0.4, 0.5) is 5.69 Å². The van der Waals surface area contributed by atoms with Crippen LogP contribution in [0.5, 0.6) is 0 Å². The molecule has 2 N–H and O–H groups in total. The highest BCUT2D eigenvalue weighted by atomic mass is 16.5. The largest absolute Gasteiger partial charge is 0.356 e. The van der Waals surface area contributed by atoms with Crippen LogP contribution in [-0.2, 0) is 22.6 Å². The molecule has 134 valence electrons. The predicted octanol–water partition coefficient (Wildman–Crippen LogP) is 3.28. The lowest BCUT2D eigenvalue weighted by molar-refractivity contribution is -0.120. The maximum absolute atomic E-state index is 12.2. The third-order valence-corrected chi connectivity index (χ3v) is 4.02. The molecule has 26 heavy (non-hydrogen) atoms. The van der Waals surface area contributed by atoms with Gasteiger partial charge < -0.3 is 15.2 Å². The van der Waals surface area contributed by atoms with Gasteiger partial charge in [-0.2, -0.15) is 0 Å². The van der Waals surface area contributed by atoms with E-state index in [1.807, 2.05) is 62.4 Å². The number of carbonyl (C=O) groups is 2. The van der Waals surface area contributed by atoms with E-state index in [1.165, 1.54) is 0 Å². The quantitative estimate of drug-likeness (QED) is 0.714. The predicted molar refractivity (Wildman–Crippen MR) is 99.5 cm³/mol. The Hall–Kier alpha value is -3.15. The molecular formula is C20H21N3O3. The Labute approximate surface area is 151 Å². The minimum Gasteiger partial charge on any atom is -0.356 e. The number of amides is 2. The smallest absolute Gasteiger partial charge is 0.226 e. The normalized spacial score (nSPS) is 10.9. The Kier molecular flexibility index (Phi) is 5.31. The molecule has 0 bridgehead atoms. The van der Waals surface area contributed by atoms with Gasteiger partial charge in [0.1, 0.15) is 5.69 Å². The van der Waals surface area contributed by atoms with E-state index in [4.69, 9.17) is 4.52 Å². The lowest BCUT2D eigenvalue weighted by Crippen LogP contribution is -2.24. The number of rotatable bonds is 6. The first-order valence-corrected chi connectivity index (χ1v) is 8.52. The van der Waals surface area contributed by atoms with Crippen LogP contribution in [0, 0.1) is 5.92 Å². The number of anilines is 1. The molecule has 0 atom stereocenters. The Morgan fingerprint density at radius 3 is 2.54 bits per heavy atom. The molecular weight excluding hydrogens is 330 g/mol. The molecule has 1 aromatic heterocycles. The van der Waals surface area contributed by atoms with Crippen LogP contribution in [0.2, 0.25) is 0 Å². The zero-order valence-corrected chi connectivity index (χ0v) is 14.8. The van der Waals surface area contributed by atoms with Gasteiger partial charge in [0.2, 0.25) is 11.8 Å². The minimum absolute atomic E-state index is 0.0223. The fourth-order valence-electron chi connectivity index (χ4n) is 2.47. The van der Waals surface area contributed by atoms with E-state index in [2.05, 4.69) is 15.8 Å². The first-order valence-electron chi connectivity index (χ1n) is 8.52. The van der Waals surface area contributed by atoms with E-state index in [1.54, 1.807) is 0 Å². The summed E-state index contributed by atoms with van der Waals surface area (Å²) in [4.78, 5) is 23.8. The molecule has 3 rings (SSSR count). The summed E-state index contributed by atoms with van der Waals surface area (Å²) in [6.45, 7) is 4.10. The third kappa shape index (κ3) is 4.27. The van der Waals surface area contributed by atoms with Crippen molar-refractivity contribution in [2.24, 2.45) is 5.92 Å². The van der Waals surface area contributed by atoms with Crippen LogP contribution in [0.25, 0.3) is 11.0 Å². The highest BCUT2D eigenvalue weighted by Crippen LogP contribution is 2.18. The van der Waals surface area contributed by atoms with Crippen LogP contribution in [-0.4, -0.2) is 17.0 Å². The summed E-state index contributed by atoms with van der Waals surface area (Å²) in [5.74, 6) is -0.214. The molecule has 3 aromatic rings. The second kappa shape index (κ2) is 7.82. The number of hydrogen-bond acceptors (Lipinski definition) is 4. The molecule has 0 aliphatic heterocycles. The van der Waals surface area contributed by atoms with Crippen molar-refractivity contribution in [2.45, 2.75) is 26.8 Å². The van der Waals surface area contributed by atoms with Gasteiger partial charge in [-0.25, -0.2) is 0 Å². The monoisotopic (exact) mass is 351 g/mol. The van der Waals surface area contributed by atoms with Gasteiger partial charge in [0.15, 0.2) is 5.58 Å². The number of carbonyl (C=O) groups excluding carboxylic acids is 2. The topological polar surface area (TPSA) is 84.2 Å². The summed E-state index contributed by atoms with van der Waals surface area (Å²) >= 11 is 0. The van der Waals surface area contributed by atoms with Gasteiger partial charge in [-0.15, -0.1) is 0 Å². The lowest BCUT2D eigenvalue weighted by atomic mass is 10.1. The molecule has 0 spiro atoms. The summed E-state index contributed by atoms with van der Waals surface area (Å²) in [7, 11) is 0. The van der Waals surface area contributed by atoms with Crippen molar-refractivity contribution in [1.82, 2.24) is 10.5 Å². The summed E-state index contributed by atoms with van der Waals surface area (Å²) in [6.07, 6.45) is 0.166. The van der Waals surface area contributed by atoms with Crippen LogP contribution in [0.15, 0.2) is 53.1 Å². The van der Waals surface area contributed by atoms with Gasteiger partial charge >= 0.3 is 0 Å². The summed E-state index contributed by atoms with van der Waals surface area (Å²) < 4.78 is 5.21. The van der Waals surface area contributed by atoms with E-state index in [0.717, 1.165) is 16.6 Å². The molecule has 0 radical (unpaired) electrons. The van der Waals surface area contributed by atoms with Gasteiger partial charge in [-0.05, 0) is 29.8 Å². The summed E-state index contributed by atoms with van der Waals surface area (Å²) in [5.41, 5.74) is 3.00. The van der Waals surface area contributed by atoms with Crippen molar-refractivity contribution >= 4 is 28.5 Å². The van der Waals surface area contributed by atoms with Crippen molar-refractivity contribution in [2.75, 3.05) is 5.32 Å². The SMILES string of the molecule is CC(C)C(=O)Nc1ccc(CNC(=O)Cc2noc3ccccc23)cc1. The van der Waals surface area contributed by atoms with E-state index in [9.17, 15) is 9.59 Å².